The van der Waals surface area contributed by atoms with Crippen LogP contribution in [0, 0.1) is 0 Å². The van der Waals surface area contributed by atoms with Crippen LogP contribution < -0.4 is 5.32 Å². The van der Waals surface area contributed by atoms with Crippen molar-refractivity contribution in [1.82, 2.24) is 5.32 Å². The average molecular weight is 1540 g/mol. The van der Waals surface area contributed by atoms with Crippen molar-refractivity contribution in [2.24, 2.45) is 0 Å². The summed E-state index contributed by atoms with van der Waals surface area (Å²) < 4.78 is 34.6. The van der Waals surface area contributed by atoms with E-state index in [9.17, 15) is 61.0 Å². The monoisotopic (exact) mass is 1540 g/mol. The Labute approximate surface area is 657 Å². The van der Waals surface area contributed by atoms with Crippen molar-refractivity contribution in [2.75, 3.05) is 26.4 Å². The molecule has 0 aliphatic carbocycles. The topological polar surface area (TPSA) is 307 Å². The molecule has 3 heterocycles. The van der Waals surface area contributed by atoms with Crippen LogP contribution in [0.3, 0.4) is 0 Å². The zero-order chi connectivity index (χ0) is 78.1. The zero-order valence-corrected chi connectivity index (χ0v) is 68.6. The molecule has 0 spiro atoms. The van der Waals surface area contributed by atoms with Crippen LogP contribution in [0.25, 0.3) is 0 Å². The molecule has 0 radical (unpaired) electrons. The Morgan fingerprint density at radius 2 is 0.611 bits per heavy atom. The fourth-order valence-corrected chi connectivity index (χ4v) is 15.5. The summed E-state index contributed by atoms with van der Waals surface area (Å²) in [5.74, 6) is -0.236. The molecule has 12 N–H and O–H groups in total. The molecule has 1 amide bonds. The van der Waals surface area contributed by atoms with E-state index in [1.165, 1.54) is 302 Å². The largest absolute Gasteiger partial charge is 0.394 e. The summed E-state index contributed by atoms with van der Waals surface area (Å²) in [6.45, 7) is 1.86. The van der Waals surface area contributed by atoms with Crippen LogP contribution in [0.1, 0.15) is 393 Å². The summed E-state index contributed by atoms with van der Waals surface area (Å²) in [4.78, 5) is 13.5. The van der Waals surface area contributed by atoms with Crippen LogP contribution in [0.15, 0.2) is 36.5 Å². The van der Waals surface area contributed by atoms with E-state index in [4.69, 9.17) is 28.4 Å². The van der Waals surface area contributed by atoms with Crippen molar-refractivity contribution in [3.8, 4) is 0 Å². The predicted octanol–water partition coefficient (Wildman–Crippen LogP) is 17.0. The van der Waals surface area contributed by atoms with Gasteiger partial charge in [0.15, 0.2) is 18.9 Å². The Hall–Kier alpha value is -1.99. The fraction of sp³-hybridized carbons (Fsp3) is 0.921. The number of hydrogen-bond acceptors (Lipinski definition) is 18. The number of rotatable bonds is 74. The first-order chi connectivity index (χ1) is 52.8. The lowest BCUT2D eigenvalue weighted by molar-refractivity contribution is -0.379. The first-order valence-corrected chi connectivity index (χ1v) is 45.2. The van der Waals surface area contributed by atoms with E-state index in [0.717, 1.165) is 57.8 Å². The third kappa shape index (κ3) is 47.8. The van der Waals surface area contributed by atoms with Crippen LogP contribution >= 0.6 is 0 Å². The number of allylic oxidation sites excluding steroid dienone is 6. The lowest BCUT2D eigenvalue weighted by atomic mass is 9.96. The van der Waals surface area contributed by atoms with Gasteiger partial charge in [-0.05, 0) is 51.4 Å². The van der Waals surface area contributed by atoms with Gasteiger partial charge in [0.05, 0.1) is 38.6 Å². The van der Waals surface area contributed by atoms with E-state index in [2.05, 4.69) is 55.6 Å². The molecule has 19 heteroatoms. The van der Waals surface area contributed by atoms with Crippen LogP contribution in [0.4, 0.5) is 0 Å². The third-order valence-corrected chi connectivity index (χ3v) is 22.7. The van der Waals surface area contributed by atoms with Gasteiger partial charge in [-0.25, -0.2) is 0 Å². The molecule has 3 aliphatic rings. The highest BCUT2D eigenvalue weighted by Gasteiger charge is 2.54. The predicted molar refractivity (Wildman–Crippen MR) is 434 cm³/mol. The number of unbranched alkanes of at least 4 members (excludes halogenated alkanes) is 52. The number of amides is 1. The Bertz CT molecular complexity index is 2090. The summed E-state index contributed by atoms with van der Waals surface area (Å²) in [5.41, 5.74) is 0. The van der Waals surface area contributed by atoms with Gasteiger partial charge in [-0.2, -0.15) is 0 Å². The number of carbonyl (C=O) groups excluding carboxylic acids is 1. The molecule has 3 saturated heterocycles. The van der Waals surface area contributed by atoms with Gasteiger partial charge in [0.2, 0.25) is 5.91 Å². The average Bonchev–Trinajstić information content (AvgIpc) is 0.779. The van der Waals surface area contributed by atoms with Crippen molar-refractivity contribution in [2.45, 2.75) is 497 Å². The number of nitrogens with one attached hydrogen (secondary N) is 1. The normalized spacial score (nSPS) is 25.5. The van der Waals surface area contributed by atoms with Crippen LogP contribution in [0.5, 0.6) is 0 Å². The van der Waals surface area contributed by atoms with Crippen molar-refractivity contribution < 1.29 is 89.4 Å². The van der Waals surface area contributed by atoms with Crippen LogP contribution in [-0.4, -0.2) is 193 Å². The summed E-state index contributed by atoms with van der Waals surface area (Å²) >= 11 is 0. The minimum Gasteiger partial charge on any atom is -0.394 e. The molecule has 3 fully saturated rings. The molecule has 3 aliphatic heterocycles. The summed E-state index contributed by atoms with van der Waals surface area (Å²) in [6, 6.07) is -0.889. The van der Waals surface area contributed by atoms with E-state index in [-0.39, 0.29) is 18.9 Å². The molecule has 108 heavy (non-hydrogen) atoms. The van der Waals surface area contributed by atoms with E-state index >= 15 is 0 Å². The van der Waals surface area contributed by atoms with Crippen LogP contribution in [-0.2, 0) is 33.2 Å². The molecule has 0 bridgehead atoms. The minimum atomic E-state index is -1.97. The van der Waals surface area contributed by atoms with Gasteiger partial charge in [-0.1, -0.05) is 371 Å². The molecule has 636 valence electrons. The molecule has 0 aromatic heterocycles. The van der Waals surface area contributed by atoms with Gasteiger partial charge in [0, 0.05) is 6.42 Å². The van der Waals surface area contributed by atoms with Gasteiger partial charge in [-0.3, -0.25) is 4.79 Å². The molecule has 17 atom stereocenters. The van der Waals surface area contributed by atoms with Gasteiger partial charge in [-0.15, -0.1) is 0 Å². The number of aliphatic hydroxyl groups is 11. The number of aliphatic hydroxyl groups excluding tert-OH is 11. The number of hydrogen-bond donors (Lipinski definition) is 12. The molecular formula is C89H167NO18. The Morgan fingerprint density at radius 3 is 0.954 bits per heavy atom. The Kier molecular flexibility index (Phi) is 64.3. The quantitative estimate of drug-likeness (QED) is 0.0199. The molecule has 0 aromatic carbocycles. The molecule has 19 nitrogen and oxygen atoms in total. The maximum absolute atomic E-state index is 13.5. The lowest BCUT2D eigenvalue weighted by Gasteiger charge is -2.48. The summed E-state index contributed by atoms with van der Waals surface area (Å²) in [7, 11) is 0. The first kappa shape index (κ1) is 100. The first-order valence-electron chi connectivity index (χ1n) is 45.2. The summed E-state index contributed by atoms with van der Waals surface area (Å²) in [5, 5.41) is 121. The third-order valence-electron chi connectivity index (χ3n) is 22.7. The van der Waals surface area contributed by atoms with Gasteiger partial charge in [0.1, 0.15) is 73.2 Å². The highest BCUT2D eigenvalue weighted by Crippen LogP contribution is 2.34. The highest BCUT2D eigenvalue weighted by molar-refractivity contribution is 5.76. The van der Waals surface area contributed by atoms with Crippen molar-refractivity contribution >= 4 is 5.91 Å². The van der Waals surface area contributed by atoms with E-state index in [1.807, 2.05) is 0 Å². The molecule has 0 saturated carbocycles. The van der Waals surface area contributed by atoms with Gasteiger partial charge in [0.25, 0.3) is 0 Å². The summed E-state index contributed by atoms with van der Waals surface area (Å²) in [6.07, 6.45) is 61.1. The maximum atomic E-state index is 13.5. The second kappa shape index (κ2) is 69.3. The number of ether oxygens (including phenoxy) is 6. The number of carbonyl (C=O) groups is 1. The Balaban J connectivity index is 1.32. The lowest BCUT2D eigenvalue weighted by Crippen LogP contribution is -2.66. The highest BCUT2D eigenvalue weighted by atomic mass is 16.8. The van der Waals surface area contributed by atoms with Crippen molar-refractivity contribution in [3.63, 3.8) is 0 Å². The van der Waals surface area contributed by atoms with Crippen LogP contribution in [0.2, 0.25) is 0 Å². The van der Waals surface area contributed by atoms with Crippen molar-refractivity contribution in [3.05, 3.63) is 36.5 Å². The standard InChI is InChI=1S/C89H167NO18/c1-3-5-7-9-11-13-15-17-19-21-23-25-27-29-31-33-35-37-38-40-42-44-46-48-50-52-54-56-58-60-62-64-66-73(94)72(90-77(95)67-65-63-61-59-57-55-53-51-49-47-45-43-41-39-36-34-32-30-28-26-24-22-20-18-16-14-12-10-8-6-4-2)71-103-87-83(101)80(98)85(75(69-92)105-87)108-89-84(102)81(99)86(76(70-93)106-89)107-88-82(100)79(97)78(96)74(68-91)104-88/h16,18,22,24,28,30,72-76,78-89,91-94,96-102H,3-15,17,19-21,23,25-27,29,31-71H2,1-2H3,(H,90,95)/b18-16-,24-22-,30-28-. The second-order valence-corrected chi connectivity index (χ2v) is 32.4. The van der Waals surface area contributed by atoms with Crippen molar-refractivity contribution in [1.29, 1.82) is 0 Å². The second-order valence-electron chi connectivity index (χ2n) is 32.4. The van der Waals surface area contributed by atoms with E-state index < -0.39 is 124 Å². The molecule has 17 unspecified atom stereocenters. The molecule has 3 rings (SSSR count). The van der Waals surface area contributed by atoms with Gasteiger partial charge < -0.3 is 89.9 Å². The minimum absolute atomic E-state index is 0.236. The fourth-order valence-electron chi connectivity index (χ4n) is 15.5. The van der Waals surface area contributed by atoms with E-state index in [0.29, 0.717) is 12.8 Å². The molecule has 0 aromatic rings. The smallest absolute Gasteiger partial charge is 0.220 e. The SMILES string of the molecule is CCCCCCC/C=C\C/C=C\C/C=C\CCCCCCCCCCCCCCCCCCC(=O)NC(COC1OC(CO)C(OC2OC(CO)C(OC3OC(CO)C(O)C(O)C3O)C(O)C2O)C(O)C1O)C(O)CCCCCCCCCCCCCCCCCCCCCCCCCCCCCCCCCC. The van der Waals surface area contributed by atoms with E-state index in [1.54, 1.807) is 0 Å². The van der Waals surface area contributed by atoms with Gasteiger partial charge >= 0.3 is 0 Å². The molecular weight excluding hydrogens is 1370 g/mol. The maximum Gasteiger partial charge on any atom is 0.220 e. The zero-order valence-electron chi connectivity index (χ0n) is 68.6. The Morgan fingerprint density at radius 1 is 0.333 bits per heavy atom.